The largest absolute Gasteiger partial charge is 0.496 e. The van der Waals surface area contributed by atoms with E-state index in [1.807, 2.05) is 23.6 Å². The number of methoxy groups -OCH3 is 4. The monoisotopic (exact) mass is 400 g/mol. The minimum atomic E-state index is -0.289. The number of anilines is 1. The number of hydrogen-bond donors (Lipinski definition) is 1. The second-order valence-corrected chi connectivity index (χ2v) is 6.46. The predicted molar refractivity (Wildman–Crippen MR) is 108 cm³/mol. The molecule has 0 saturated carbocycles. The molecular formula is C20H20N2O5S. The molecule has 0 spiro atoms. The minimum Gasteiger partial charge on any atom is -0.496 e. The summed E-state index contributed by atoms with van der Waals surface area (Å²) in [6.45, 7) is 0. The Morgan fingerprint density at radius 2 is 1.57 bits per heavy atom. The molecule has 1 N–H and O–H groups in total. The normalized spacial score (nSPS) is 10.3. The van der Waals surface area contributed by atoms with E-state index in [0.29, 0.717) is 39.4 Å². The molecule has 0 bridgehead atoms. The lowest BCUT2D eigenvalue weighted by molar-refractivity contribution is 0.102. The van der Waals surface area contributed by atoms with Crippen LogP contribution in [0.15, 0.2) is 41.8 Å². The Balaban J connectivity index is 1.87. The Morgan fingerprint density at radius 1 is 0.929 bits per heavy atom. The lowest BCUT2D eigenvalue weighted by Gasteiger charge is -2.13. The number of hydrogen-bond acceptors (Lipinski definition) is 7. The summed E-state index contributed by atoms with van der Waals surface area (Å²) in [4.78, 5) is 17.0. The number of para-hydroxylation sites is 1. The summed E-state index contributed by atoms with van der Waals surface area (Å²) in [5.41, 5.74) is 1.90. The molecule has 0 aliphatic rings. The molecular weight excluding hydrogens is 380 g/mol. The molecule has 3 rings (SSSR count). The van der Waals surface area contributed by atoms with Gasteiger partial charge in [-0.2, -0.15) is 0 Å². The Morgan fingerprint density at radius 3 is 2.18 bits per heavy atom. The molecule has 0 aliphatic heterocycles. The average molecular weight is 400 g/mol. The van der Waals surface area contributed by atoms with Gasteiger partial charge in [-0.15, -0.1) is 11.3 Å². The van der Waals surface area contributed by atoms with Gasteiger partial charge in [-0.3, -0.25) is 10.1 Å². The number of nitrogens with one attached hydrogen (secondary N) is 1. The van der Waals surface area contributed by atoms with Crippen LogP contribution in [0.25, 0.3) is 11.3 Å². The highest BCUT2D eigenvalue weighted by atomic mass is 32.1. The molecule has 1 heterocycles. The van der Waals surface area contributed by atoms with E-state index in [9.17, 15) is 4.79 Å². The third-order valence-electron chi connectivity index (χ3n) is 4.04. The van der Waals surface area contributed by atoms with Crippen LogP contribution < -0.4 is 24.3 Å². The number of thiazole rings is 1. The van der Waals surface area contributed by atoms with E-state index in [1.165, 1.54) is 18.4 Å². The molecule has 3 aromatic rings. The number of ether oxygens (including phenoxy) is 4. The molecule has 0 unspecified atom stereocenters. The van der Waals surface area contributed by atoms with E-state index in [2.05, 4.69) is 10.3 Å². The van der Waals surface area contributed by atoms with Crippen molar-refractivity contribution in [1.82, 2.24) is 4.98 Å². The van der Waals surface area contributed by atoms with E-state index in [1.54, 1.807) is 39.5 Å². The van der Waals surface area contributed by atoms with Gasteiger partial charge >= 0.3 is 0 Å². The van der Waals surface area contributed by atoms with Gasteiger partial charge in [-0.25, -0.2) is 4.98 Å². The van der Waals surface area contributed by atoms with Gasteiger partial charge in [-0.1, -0.05) is 12.1 Å². The van der Waals surface area contributed by atoms with Gasteiger partial charge in [0, 0.05) is 10.9 Å². The first-order chi connectivity index (χ1) is 13.6. The van der Waals surface area contributed by atoms with E-state index in [4.69, 9.17) is 18.9 Å². The summed E-state index contributed by atoms with van der Waals surface area (Å²) in [5, 5.41) is 5.12. The van der Waals surface area contributed by atoms with Crippen molar-refractivity contribution in [3.63, 3.8) is 0 Å². The smallest absolute Gasteiger partial charge is 0.261 e. The number of rotatable bonds is 7. The van der Waals surface area contributed by atoms with Crippen LogP contribution in [0, 0.1) is 0 Å². The predicted octanol–water partition coefficient (Wildman–Crippen LogP) is 4.10. The molecule has 0 atom stereocenters. The van der Waals surface area contributed by atoms with E-state index < -0.39 is 0 Å². The van der Waals surface area contributed by atoms with Crippen molar-refractivity contribution < 1.29 is 23.7 Å². The van der Waals surface area contributed by atoms with Crippen molar-refractivity contribution >= 4 is 22.4 Å². The molecule has 0 saturated heterocycles. The van der Waals surface area contributed by atoms with Crippen LogP contribution in [-0.2, 0) is 0 Å². The van der Waals surface area contributed by atoms with Crippen LogP contribution >= 0.6 is 11.3 Å². The number of carbonyl (C=O) groups excluding carboxylic acids is 1. The summed E-state index contributed by atoms with van der Waals surface area (Å²) in [6.07, 6.45) is 0. The Hall–Kier alpha value is -3.26. The molecule has 8 heteroatoms. The lowest BCUT2D eigenvalue weighted by atomic mass is 10.1. The first kappa shape index (κ1) is 19.5. The van der Waals surface area contributed by atoms with Gasteiger partial charge in [-0.05, 0) is 24.3 Å². The highest BCUT2D eigenvalue weighted by molar-refractivity contribution is 7.14. The molecule has 28 heavy (non-hydrogen) atoms. The Kier molecular flexibility index (Phi) is 6.00. The molecule has 7 nitrogen and oxygen atoms in total. The quantitative estimate of drug-likeness (QED) is 0.643. The fourth-order valence-corrected chi connectivity index (χ4v) is 3.40. The van der Waals surface area contributed by atoms with Crippen molar-refractivity contribution in [2.45, 2.75) is 0 Å². The standard InChI is InChI=1S/C20H20N2O5S/c1-24-15-8-6-5-7-13(15)19(23)22-20-21-14(11-28-20)12-9-16(25-2)18(27-4)17(10-12)26-3/h5-11H,1-4H3,(H,21,22,23). The first-order valence-corrected chi connectivity index (χ1v) is 9.19. The van der Waals surface area contributed by atoms with Crippen LogP contribution in [0.1, 0.15) is 10.4 Å². The maximum absolute atomic E-state index is 12.5. The van der Waals surface area contributed by atoms with Crippen molar-refractivity contribution in [1.29, 1.82) is 0 Å². The van der Waals surface area contributed by atoms with Gasteiger partial charge in [0.25, 0.3) is 5.91 Å². The molecule has 0 radical (unpaired) electrons. The van der Waals surface area contributed by atoms with E-state index in [0.717, 1.165) is 5.56 Å². The van der Waals surface area contributed by atoms with Gasteiger partial charge in [0.1, 0.15) is 5.75 Å². The average Bonchev–Trinajstić information content (AvgIpc) is 3.20. The number of benzene rings is 2. The van der Waals surface area contributed by atoms with Crippen molar-refractivity contribution in [3.8, 4) is 34.3 Å². The second kappa shape index (κ2) is 8.62. The van der Waals surface area contributed by atoms with Crippen LogP contribution in [-0.4, -0.2) is 39.3 Å². The highest BCUT2D eigenvalue weighted by Gasteiger charge is 2.17. The molecule has 1 amide bonds. The highest BCUT2D eigenvalue weighted by Crippen LogP contribution is 2.41. The number of carbonyl (C=O) groups is 1. The summed E-state index contributed by atoms with van der Waals surface area (Å²) < 4.78 is 21.3. The lowest BCUT2D eigenvalue weighted by Crippen LogP contribution is -2.12. The van der Waals surface area contributed by atoms with Crippen molar-refractivity contribution in [2.75, 3.05) is 33.8 Å². The van der Waals surface area contributed by atoms with Gasteiger partial charge in [0.05, 0.1) is 39.7 Å². The minimum absolute atomic E-state index is 0.289. The Labute approximate surface area is 166 Å². The zero-order valence-electron chi connectivity index (χ0n) is 15.9. The summed E-state index contributed by atoms with van der Waals surface area (Å²) in [7, 11) is 6.19. The van der Waals surface area contributed by atoms with E-state index in [-0.39, 0.29) is 5.91 Å². The third-order valence-corrected chi connectivity index (χ3v) is 4.79. The fraction of sp³-hybridized carbons (Fsp3) is 0.200. The maximum atomic E-state index is 12.5. The molecule has 1 aromatic heterocycles. The van der Waals surface area contributed by atoms with Gasteiger partial charge in [0.2, 0.25) is 5.75 Å². The number of aromatic nitrogens is 1. The molecule has 0 aliphatic carbocycles. The van der Waals surface area contributed by atoms with Crippen molar-refractivity contribution in [3.05, 3.63) is 47.3 Å². The topological polar surface area (TPSA) is 78.9 Å². The van der Waals surface area contributed by atoms with Crippen molar-refractivity contribution in [2.24, 2.45) is 0 Å². The van der Waals surface area contributed by atoms with Crippen LogP contribution in [0.5, 0.6) is 23.0 Å². The number of nitrogens with zero attached hydrogens (tertiary/aromatic N) is 1. The number of amides is 1. The fourth-order valence-electron chi connectivity index (χ4n) is 2.69. The molecule has 0 fully saturated rings. The summed E-state index contributed by atoms with van der Waals surface area (Å²) >= 11 is 1.32. The van der Waals surface area contributed by atoms with Crippen LogP contribution in [0.2, 0.25) is 0 Å². The third kappa shape index (κ3) is 3.86. The zero-order valence-corrected chi connectivity index (χ0v) is 16.8. The van der Waals surface area contributed by atoms with Crippen LogP contribution in [0.3, 0.4) is 0 Å². The zero-order chi connectivity index (χ0) is 20.1. The second-order valence-electron chi connectivity index (χ2n) is 5.61. The summed E-state index contributed by atoms with van der Waals surface area (Å²) in [6, 6.07) is 10.6. The van der Waals surface area contributed by atoms with E-state index >= 15 is 0 Å². The molecule has 2 aromatic carbocycles. The SMILES string of the molecule is COc1ccccc1C(=O)Nc1nc(-c2cc(OC)c(OC)c(OC)c2)cs1. The van der Waals surface area contributed by atoms with Gasteiger partial charge < -0.3 is 18.9 Å². The van der Waals surface area contributed by atoms with Crippen LogP contribution in [0.4, 0.5) is 5.13 Å². The summed E-state index contributed by atoms with van der Waals surface area (Å²) in [5.74, 6) is 1.78. The first-order valence-electron chi connectivity index (χ1n) is 8.31. The molecule has 146 valence electrons. The van der Waals surface area contributed by atoms with Gasteiger partial charge in [0.15, 0.2) is 16.6 Å². The maximum Gasteiger partial charge on any atom is 0.261 e. The Bertz CT molecular complexity index is 961.